The van der Waals surface area contributed by atoms with Gasteiger partial charge < -0.3 is 10.5 Å². The topological polar surface area (TPSA) is 69.4 Å². The van der Waals surface area contributed by atoms with Crippen LogP contribution in [-0.4, -0.2) is 24.4 Å². The van der Waals surface area contributed by atoms with E-state index in [1.54, 1.807) is 6.92 Å². The van der Waals surface area contributed by atoms with Gasteiger partial charge in [0.25, 0.3) is 0 Å². The number of hydrogen-bond acceptors (Lipinski definition) is 4. The van der Waals surface area contributed by atoms with Gasteiger partial charge in [-0.2, -0.15) is 0 Å². The summed E-state index contributed by atoms with van der Waals surface area (Å²) in [6.07, 6.45) is 0.319. The first-order valence-corrected chi connectivity index (χ1v) is 4.44. The lowest BCUT2D eigenvalue weighted by molar-refractivity contribution is -0.147. The van der Waals surface area contributed by atoms with E-state index < -0.39 is 12.0 Å². The molecule has 0 bridgehead atoms. The quantitative estimate of drug-likeness (QED) is 0.556. The molecule has 1 unspecified atom stereocenters. The number of esters is 1. The monoisotopic (exact) mass is 223 g/mol. The number of Topliss-reactive ketones (excluding diaryl/α,β-unsaturated/α-hetero) is 1. The normalized spacial score (nSPS) is 11.8. The van der Waals surface area contributed by atoms with Crippen LogP contribution in [-0.2, 0) is 14.3 Å². The highest BCUT2D eigenvalue weighted by molar-refractivity contribution is 6.02. The Balaban J connectivity index is 0. The van der Waals surface area contributed by atoms with Crippen molar-refractivity contribution >= 4 is 24.2 Å². The number of ketones is 1. The van der Waals surface area contributed by atoms with Crippen LogP contribution >= 0.6 is 12.4 Å². The van der Waals surface area contributed by atoms with Gasteiger partial charge in [-0.1, -0.05) is 13.8 Å². The van der Waals surface area contributed by atoms with Gasteiger partial charge in [-0.25, -0.2) is 4.79 Å². The Morgan fingerprint density at radius 3 is 2.21 bits per heavy atom. The van der Waals surface area contributed by atoms with Crippen molar-refractivity contribution in [3.05, 3.63) is 0 Å². The molecule has 0 aromatic rings. The van der Waals surface area contributed by atoms with Crippen LogP contribution in [0.25, 0.3) is 0 Å². The van der Waals surface area contributed by atoms with Crippen LogP contribution in [0.4, 0.5) is 0 Å². The third-order valence-electron chi connectivity index (χ3n) is 1.50. The lowest BCUT2D eigenvalue weighted by Gasteiger charge is -2.10. The maximum Gasteiger partial charge on any atom is 0.330 e. The lowest BCUT2D eigenvalue weighted by atomic mass is 10.0. The average molecular weight is 224 g/mol. The van der Waals surface area contributed by atoms with Crippen LogP contribution in [0, 0.1) is 5.92 Å². The predicted octanol–water partition coefficient (Wildman–Crippen LogP) is 0.914. The molecule has 0 aromatic heterocycles. The molecule has 0 aliphatic carbocycles. The molecular weight excluding hydrogens is 206 g/mol. The van der Waals surface area contributed by atoms with Gasteiger partial charge >= 0.3 is 5.97 Å². The summed E-state index contributed by atoms with van der Waals surface area (Å²) in [6.45, 7) is 5.73. The van der Waals surface area contributed by atoms with Crippen molar-refractivity contribution in [1.29, 1.82) is 0 Å². The number of ether oxygens (including phenoxy) is 1. The van der Waals surface area contributed by atoms with Crippen LogP contribution in [0.3, 0.4) is 0 Å². The van der Waals surface area contributed by atoms with Crippen molar-refractivity contribution in [2.45, 2.75) is 33.2 Å². The fraction of sp³-hybridized carbons (Fsp3) is 0.778. The summed E-state index contributed by atoms with van der Waals surface area (Å²) < 4.78 is 4.62. The fourth-order valence-corrected chi connectivity index (χ4v) is 0.893. The number of carbonyl (C=O) groups excluding carboxylic acids is 2. The van der Waals surface area contributed by atoms with Crippen molar-refractivity contribution in [3.8, 4) is 0 Å². The van der Waals surface area contributed by atoms with Gasteiger partial charge in [0.1, 0.15) is 0 Å². The van der Waals surface area contributed by atoms with E-state index in [1.165, 1.54) is 0 Å². The van der Waals surface area contributed by atoms with Gasteiger partial charge in [0.15, 0.2) is 11.8 Å². The molecule has 1 atom stereocenters. The molecule has 0 spiro atoms. The summed E-state index contributed by atoms with van der Waals surface area (Å²) in [5, 5.41) is 0. The molecule has 0 aliphatic rings. The maximum atomic E-state index is 11.2. The highest BCUT2D eigenvalue weighted by Crippen LogP contribution is 2.02. The van der Waals surface area contributed by atoms with Gasteiger partial charge in [-0.05, 0) is 12.8 Å². The van der Waals surface area contributed by atoms with E-state index in [0.29, 0.717) is 6.42 Å². The SMILES string of the molecule is CCOC(=O)C(N)C(=O)CC(C)C.Cl. The van der Waals surface area contributed by atoms with Crippen LogP contribution in [0.15, 0.2) is 0 Å². The molecule has 0 saturated carbocycles. The predicted molar refractivity (Wildman–Crippen MR) is 56.3 cm³/mol. The van der Waals surface area contributed by atoms with Crippen molar-refractivity contribution in [3.63, 3.8) is 0 Å². The third kappa shape index (κ3) is 5.94. The standard InChI is InChI=1S/C9H17NO3.ClH/c1-4-13-9(12)8(10)7(11)5-6(2)3;/h6,8H,4-5,10H2,1-3H3;1H. The summed E-state index contributed by atoms with van der Waals surface area (Å²) in [5.41, 5.74) is 5.37. The molecule has 4 nitrogen and oxygen atoms in total. The van der Waals surface area contributed by atoms with Crippen molar-refractivity contribution < 1.29 is 14.3 Å². The summed E-state index contributed by atoms with van der Waals surface area (Å²) >= 11 is 0. The fourth-order valence-electron chi connectivity index (χ4n) is 0.893. The highest BCUT2D eigenvalue weighted by Gasteiger charge is 2.23. The molecule has 0 aliphatic heterocycles. The van der Waals surface area contributed by atoms with E-state index in [9.17, 15) is 9.59 Å². The summed E-state index contributed by atoms with van der Waals surface area (Å²) in [6, 6.07) is -1.11. The number of rotatable bonds is 5. The Morgan fingerprint density at radius 1 is 1.36 bits per heavy atom. The van der Waals surface area contributed by atoms with E-state index in [-0.39, 0.29) is 30.7 Å². The smallest absolute Gasteiger partial charge is 0.330 e. The first kappa shape index (κ1) is 15.8. The zero-order valence-corrected chi connectivity index (χ0v) is 9.60. The number of nitrogens with two attached hydrogens (primary N) is 1. The molecule has 0 fully saturated rings. The average Bonchev–Trinajstić information content (AvgIpc) is 2.02. The van der Waals surface area contributed by atoms with Crippen LogP contribution in [0.5, 0.6) is 0 Å². The minimum Gasteiger partial charge on any atom is -0.464 e. The van der Waals surface area contributed by atoms with E-state index in [4.69, 9.17) is 5.73 Å². The molecule has 5 heteroatoms. The molecule has 14 heavy (non-hydrogen) atoms. The second-order valence-corrected chi connectivity index (χ2v) is 3.29. The summed E-state index contributed by atoms with van der Waals surface area (Å²) in [5.74, 6) is -0.672. The van der Waals surface area contributed by atoms with E-state index in [0.717, 1.165) is 0 Å². The minimum absolute atomic E-state index is 0. The lowest BCUT2D eigenvalue weighted by Crippen LogP contribution is -2.40. The van der Waals surface area contributed by atoms with Crippen LogP contribution in [0.1, 0.15) is 27.2 Å². The molecule has 0 rings (SSSR count). The second-order valence-electron chi connectivity index (χ2n) is 3.29. The Hall–Kier alpha value is -0.610. The molecule has 2 N–H and O–H groups in total. The molecule has 0 aromatic carbocycles. The largest absolute Gasteiger partial charge is 0.464 e. The Kier molecular flexibility index (Phi) is 8.79. The summed E-state index contributed by atoms with van der Waals surface area (Å²) in [4.78, 5) is 22.2. The minimum atomic E-state index is -1.11. The highest BCUT2D eigenvalue weighted by atomic mass is 35.5. The van der Waals surface area contributed by atoms with Gasteiger partial charge in [-0.15, -0.1) is 12.4 Å². The first-order chi connectivity index (χ1) is 5.99. The number of carbonyl (C=O) groups is 2. The van der Waals surface area contributed by atoms with Gasteiger partial charge in [0.05, 0.1) is 6.61 Å². The van der Waals surface area contributed by atoms with E-state index in [1.807, 2.05) is 13.8 Å². The van der Waals surface area contributed by atoms with Gasteiger partial charge in [-0.3, -0.25) is 4.79 Å². The maximum absolute atomic E-state index is 11.2. The van der Waals surface area contributed by atoms with E-state index in [2.05, 4.69) is 4.74 Å². The van der Waals surface area contributed by atoms with Crippen molar-refractivity contribution in [2.75, 3.05) is 6.61 Å². The summed E-state index contributed by atoms with van der Waals surface area (Å²) in [7, 11) is 0. The third-order valence-corrected chi connectivity index (χ3v) is 1.50. The number of hydrogen-bond donors (Lipinski definition) is 1. The van der Waals surface area contributed by atoms with Crippen molar-refractivity contribution in [1.82, 2.24) is 0 Å². The molecule has 0 amide bonds. The second kappa shape index (κ2) is 7.76. The zero-order valence-electron chi connectivity index (χ0n) is 8.78. The molecule has 0 heterocycles. The molecular formula is C9H18ClNO3. The molecule has 84 valence electrons. The Bertz CT molecular complexity index is 194. The van der Waals surface area contributed by atoms with Gasteiger partial charge in [0.2, 0.25) is 0 Å². The first-order valence-electron chi connectivity index (χ1n) is 4.44. The Labute approximate surface area is 90.6 Å². The van der Waals surface area contributed by atoms with Crippen molar-refractivity contribution in [2.24, 2.45) is 11.7 Å². The molecule has 0 radical (unpaired) electrons. The van der Waals surface area contributed by atoms with Crippen LogP contribution in [0.2, 0.25) is 0 Å². The van der Waals surface area contributed by atoms with Gasteiger partial charge in [0, 0.05) is 6.42 Å². The zero-order chi connectivity index (χ0) is 10.4. The Morgan fingerprint density at radius 2 is 1.86 bits per heavy atom. The van der Waals surface area contributed by atoms with E-state index >= 15 is 0 Å². The number of halogens is 1. The van der Waals surface area contributed by atoms with Crippen LogP contribution < -0.4 is 5.73 Å². The molecule has 0 saturated heterocycles.